The molecule has 0 heterocycles. The predicted molar refractivity (Wildman–Crippen MR) is 80.1 cm³/mol. The van der Waals surface area contributed by atoms with E-state index in [1.54, 1.807) is 11.9 Å². The second kappa shape index (κ2) is 9.64. The van der Waals surface area contributed by atoms with E-state index in [0.717, 1.165) is 5.75 Å². The van der Waals surface area contributed by atoms with Gasteiger partial charge < -0.3 is 15.0 Å². The topological polar surface area (TPSA) is 41.6 Å². The maximum absolute atomic E-state index is 11.6. The fourth-order valence-corrected chi connectivity index (χ4v) is 1.48. The Kier molecular flexibility index (Phi) is 9.00. The van der Waals surface area contributed by atoms with E-state index in [9.17, 15) is 4.79 Å². The van der Waals surface area contributed by atoms with E-state index in [0.29, 0.717) is 26.1 Å². The summed E-state index contributed by atoms with van der Waals surface area (Å²) in [4.78, 5) is 13.3. The Morgan fingerprint density at radius 2 is 1.95 bits per heavy atom. The van der Waals surface area contributed by atoms with Crippen LogP contribution in [-0.4, -0.2) is 44.6 Å². The van der Waals surface area contributed by atoms with Crippen LogP contribution < -0.4 is 10.1 Å². The highest BCUT2D eigenvalue weighted by atomic mass is 35.5. The first kappa shape index (κ1) is 17.7. The molecule has 0 saturated carbocycles. The van der Waals surface area contributed by atoms with Crippen LogP contribution >= 0.6 is 12.4 Å². The van der Waals surface area contributed by atoms with Crippen LogP contribution in [0.4, 0.5) is 0 Å². The standard InChI is InChI=1S/C14H22N2O2.ClH/c1-12-4-6-13(7-5-12)18-11-10-16(3)14(17)8-9-15-2;/h4-7,15H,8-11H2,1-3H3;1H. The summed E-state index contributed by atoms with van der Waals surface area (Å²) in [6.07, 6.45) is 0.525. The highest BCUT2D eigenvalue weighted by Gasteiger charge is 2.07. The minimum atomic E-state index is 0. The van der Waals surface area contributed by atoms with Gasteiger partial charge in [0.1, 0.15) is 12.4 Å². The molecule has 0 radical (unpaired) electrons. The number of aryl methyl sites for hydroxylation is 1. The number of likely N-dealkylation sites (N-methyl/N-ethyl adjacent to an activating group) is 1. The summed E-state index contributed by atoms with van der Waals surface area (Å²) in [6, 6.07) is 7.91. The van der Waals surface area contributed by atoms with E-state index in [1.807, 2.05) is 38.2 Å². The molecule has 108 valence electrons. The number of carbonyl (C=O) groups excluding carboxylic acids is 1. The van der Waals surface area contributed by atoms with Crippen molar-refractivity contribution in [1.82, 2.24) is 10.2 Å². The third-order valence-corrected chi connectivity index (χ3v) is 2.73. The number of nitrogens with zero attached hydrogens (tertiary/aromatic N) is 1. The molecule has 1 N–H and O–H groups in total. The maximum atomic E-state index is 11.6. The average molecular weight is 287 g/mol. The Hall–Kier alpha value is -1.26. The van der Waals surface area contributed by atoms with Crippen LogP contribution in [-0.2, 0) is 4.79 Å². The van der Waals surface area contributed by atoms with E-state index in [4.69, 9.17) is 4.74 Å². The fraction of sp³-hybridized carbons (Fsp3) is 0.500. The molecule has 19 heavy (non-hydrogen) atoms. The van der Waals surface area contributed by atoms with Crippen LogP contribution in [0.25, 0.3) is 0 Å². The molecule has 0 saturated heterocycles. The van der Waals surface area contributed by atoms with Crippen molar-refractivity contribution in [2.24, 2.45) is 0 Å². The van der Waals surface area contributed by atoms with Crippen molar-refractivity contribution in [1.29, 1.82) is 0 Å². The summed E-state index contributed by atoms with van der Waals surface area (Å²) in [6.45, 7) is 3.88. The van der Waals surface area contributed by atoms with Gasteiger partial charge in [-0.2, -0.15) is 0 Å². The lowest BCUT2D eigenvalue weighted by atomic mass is 10.2. The number of halogens is 1. The van der Waals surface area contributed by atoms with E-state index >= 15 is 0 Å². The number of rotatable bonds is 7. The number of benzene rings is 1. The Morgan fingerprint density at radius 1 is 1.32 bits per heavy atom. The molecule has 0 spiro atoms. The van der Waals surface area contributed by atoms with Gasteiger partial charge >= 0.3 is 0 Å². The zero-order valence-corrected chi connectivity index (χ0v) is 12.6. The Morgan fingerprint density at radius 3 is 2.53 bits per heavy atom. The molecule has 1 aromatic rings. The van der Waals surface area contributed by atoms with Gasteiger partial charge in [0.15, 0.2) is 0 Å². The second-order valence-electron chi connectivity index (χ2n) is 4.33. The number of ether oxygens (including phenoxy) is 1. The number of hydrogen-bond donors (Lipinski definition) is 1. The van der Waals surface area contributed by atoms with Crippen LogP contribution in [0, 0.1) is 6.92 Å². The van der Waals surface area contributed by atoms with Crippen LogP contribution in [0.5, 0.6) is 5.75 Å². The van der Waals surface area contributed by atoms with Crippen LogP contribution in [0.1, 0.15) is 12.0 Å². The molecule has 0 fully saturated rings. The summed E-state index contributed by atoms with van der Waals surface area (Å²) in [7, 11) is 3.64. The third-order valence-electron chi connectivity index (χ3n) is 2.73. The highest BCUT2D eigenvalue weighted by Crippen LogP contribution is 2.11. The minimum absolute atomic E-state index is 0. The van der Waals surface area contributed by atoms with E-state index in [2.05, 4.69) is 5.32 Å². The number of amides is 1. The number of carbonyl (C=O) groups is 1. The van der Waals surface area contributed by atoms with E-state index < -0.39 is 0 Å². The van der Waals surface area contributed by atoms with Crippen molar-refractivity contribution in [3.8, 4) is 5.75 Å². The summed E-state index contributed by atoms with van der Waals surface area (Å²) >= 11 is 0. The molecule has 0 bridgehead atoms. The van der Waals surface area contributed by atoms with Gasteiger partial charge in [0.2, 0.25) is 5.91 Å². The smallest absolute Gasteiger partial charge is 0.223 e. The van der Waals surface area contributed by atoms with Gasteiger partial charge in [-0.25, -0.2) is 0 Å². The Bertz CT molecular complexity index is 368. The molecule has 1 amide bonds. The largest absolute Gasteiger partial charge is 0.492 e. The minimum Gasteiger partial charge on any atom is -0.492 e. The van der Waals surface area contributed by atoms with Gasteiger partial charge in [-0.05, 0) is 26.1 Å². The van der Waals surface area contributed by atoms with E-state index in [-0.39, 0.29) is 18.3 Å². The molecule has 0 aliphatic rings. The second-order valence-corrected chi connectivity index (χ2v) is 4.33. The van der Waals surface area contributed by atoms with Gasteiger partial charge in [0.25, 0.3) is 0 Å². The number of hydrogen-bond acceptors (Lipinski definition) is 3. The summed E-state index contributed by atoms with van der Waals surface area (Å²) in [5.41, 5.74) is 1.21. The van der Waals surface area contributed by atoms with E-state index in [1.165, 1.54) is 5.56 Å². The first-order chi connectivity index (χ1) is 8.63. The van der Waals surface area contributed by atoms with Crippen LogP contribution in [0.2, 0.25) is 0 Å². The molecular weight excluding hydrogens is 264 g/mol. The first-order valence-corrected chi connectivity index (χ1v) is 6.21. The zero-order chi connectivity index (χ0) is 13.4. The van der Waals surface area contributed by atoms with Gasteiger partial charge in [0, 0.05) is 20.0 Å². The normalized spacial score (nSPS) is 9.63. The van der Waals surface area contributed by atoms with Crippen molar-refractivity contribution in [2.75, 3.05) is 33.8 Å². The van der Waals surface area contributed by atoms with Gasteiger partial charge in [-0.15, -0.1) is 12.4 Å². The average Bonchev–Trinajstić information content (AvgIpc) is 2.38. The van der Waals surface area contributed by atoms with Gasteiger partial charge in [0.05, 0.1) is 6.54 Å². The van der Waals surface area contributed by atoms with Crippen LogP contribution in [0.15, 0.2) is 24.3 Å². The zero-order valence-electron chi connectivity index (χ0n) is 11.8. The monoisotopic (exact) mass is 286 g/mol. The molecule has 1 aromatic carbocycles. The van der Waals surface area contributed by atoms with Crippen LogP contribution in [0.3, 0.4) is 0 Å². The van der Waals surface area contributed by atoms with Crippen molar-refractivity contribution in [3.63, 3.8) is 0 Å². The lowest BCUT2D eigenvalue weighted by Crippen LogP contribution is -2.32. The van der Waals surface area contributed by atoms with Crippen molar-refractivity contribution in [2.45, 2.75) is 13.3 Å². The van der Waals surface area contributed by atoms with Crippen molar-refractivity contribution >= 4 is 18.3 Å². The molecule has 0 aliphatic carbocycles. The Balaban J connectivity index is 0.00000324. The highest BCUT2D eigenvalue weighted by molar-refractivity contribution is 5.85. The predicted octanol–water partition coefficient (Wildman–Crippen LogP) is 1.86. The van der Waals surface area contributed by atoms with Gasteiger partial charge in [-0.3, -0.25) is 4.79 Å². The van der Waals surface area contributed by atoms with Crippen molar-refractivity contribution in [3.05, 3.63) is 29.8 Å². The molecule has 5 heteroatoms. The molecule has 4 nitrogen and oxygen atoms in total. The summed E-state index contributed by atoms with van der Waals surface area (Å²) < 4.78 is 5.58. The molecule has 0 unspecified atom stereocenters. The third kappa shape index (κ3) is 7.03. The quantitative estimate of drug-likeness (QED) is 0.832. The molecule has 0 aromatic heterocycles. The lowest BCUT2D eigenvalue weighted by Gasteiger charge is -2.17. The Labute approximate surface area is 121 Å². The molecule has 1 rings (SSSR count). The fourth-order valence-electron chi connectivity index (χ4n) is 1.48. The summed E-state index contributed by atoms with van der Waals surface area (Å²) in [5.74, 6) is 0.980. The first-order valence-electron chi connectivity index (χ1n) is 6.21. The molecule has 0 atom stereocenters. The summed E-state index contributed by atoms with van der Waals surface area (Å²) in [5, 5.41) is 2.96. The lowest BCUT2D eigenvalue weighted by molar-refractivity contribution is -0.130. The number of nitrogens with one attached hydrogen (secondary N) is 1. The van der Waals surface area contributed by atoms with Crippen molar-refractivity contribution < 1.29 is 9.53 Å². The van der Waals surface area contributed by atoms with Gasteiger partial charge in [-0.1, -0.05) is 17.7 Å². The molecular formula is C14H23ClN2O2. The maximum Gasteiger partial charge on any atom is 0.223 e. The molecule has 0 aliphatic heterocycles. The SMILES string of the molecule is CNCCC(=O)N(C)CCOc1ccc(C)cc1.Cl.